The van der Waals surface area contributed by atoms with Crippen LogP contribution in [0.25, 0.3) is 6.08 Å². The molecule has 0 saturated carbocycles. The second-order valence-electron chi connectivity index (χ2n) is 7.71. The van der Waals surface area contributed by atoms with E-state index in [1.165, 1.54) is 18.9 Å². The highest BCUT2D eigenvalue weighted by molar-refractivity contribution is 8.00. The molecule has 0 bridgehead atoms. The predicted molar refractivity (Wildman–Crippen MR) is 140 cm³/mol. The van der Waals surface area contributed by atoms with E-state index in [1.807, 2.05) is 49.3 Å². The van der Waals surface area contributed by atoms with Gasteiger partial charge in [0.15, 0.2) is 0 Å². The average molecular weight is 490 g/mol. The molecule has 3 aromatic rings. The van der Waals surface area contributed by atoms with Crippen LogP contribution < -0.4 is 15.5 Å². The molecule has 0 saturated heterocycles. The van der Waals surface area contributed by atoms with Crippen molar-refractivity contribution < 1.29 is 19.1 Å². The summed E-state index contributed by atoms with van der Waals surface area (Å²) in [6.45, 7) is 0. The molecule has 35 heavy (non-hydrogen) atoms. The molecule has 180 valence electrons. The van der Waals surface area contributed by atoms with Crippen LogP contribution in [0.2, 0.25) is 0 Å². The van der Waals surface area contributed by atoms with Gasteiger partial charge in [0.25, 0.3) is 11.8 Å². The van der Waals surface area contributed by atoms with Crippen molar-refractivity contribution >= 4 is 47.0 Å². The molecule has 2 amide bonds. The lowest BCUT2D eigenvalue weighted by Gasteiger charge is -2.13. The van der Waals surface area contributed by atoms with Crippen molar-refractivity contribution in [2.24, 2.45) is 0 Å². The molecule has 0 aliphatic heterocycles. The van der Waals surface area contributed by atoms with Crippen LogP contribution in [-0.2, 0) is 14.3 Å². The van der Waals surface area contributed by atoms with Gasteiger partial charge in [-0.3, -0.25) is 14.4 Å². The Balaban J connectivity index is 1.79. The summed E-state index contributed by atoms with van der Waals surface area (Å²) < 4.78 is 4.65. The van der Waals surface area contributed by atoms with E-state index in [4.69, 9.17) is 0 Å². The summed E-state index contributed by atoms with van der Waals surface area (Å²) in [6, 6.07) is 23.4. The number of anilines is 2. The van der Waals surface area contributed by atoms with Gasteiger partial charge in [-0.25, -0.2) is 0 Å². The highest BCUT2D eigenvalue weighted by Gasteiger charge is 2.15. The summed E-state index contributed by atoms with van der Waals surface area (Å²) in [4.78, 5) is 40.1. The van der Waals surface area contributed by atoms with Crippen LogP contribution in [0.5, 0.6) is 0 Å². The Morgan fingerprint density at radius 1 is 0.914 bits per heavy atom. The maximum atomic E-state index is 13.1. The number of nitrogens with zero attached hydrogens (tertiary/aromatic N) is 1. The van der Waals surface area contributed by atoms with Crippen molar-refractivity contribution in [2.45, 2.75) is 4.90 Å². The third-order valence-electron chi connectivity index (χ3n) is 4.95. The molecule has 7 nitrogen and oxygen atoms in total. The zero-order valence-electron chi connectivity index (χ0n) is 19.8. The molecule has 0 unspecified atom stereocenters. The summed E-state index contributed by atoms with van der Waals surface area (Å²) in [5.74, 6) is -0.949. The summed E-state index contributed by atoms with van der Waals surface area (Å²) in [6.07, 6.45) is 1.64. The number of esters is 1. The Kier molecular flexibility index (Phi) is 9.09. The summed E-state index contributed by atoms with van der Waals surface area (Å²) in [5, 5.41) is 5.55. The second kappa shape index (κ2) is 12.4. The van der Waals surface area contributed by atoms with Crippen LogP contribution in [0.3, 0.4) is 0 Å². The molecule has 0 heterocycles. The van der Waals surface area contributed by atoms with E-state index in [1.54, 1.807) is 54.6 Å². The monoisotopic (exact) mass is 489 g/mol. The Bertz CT molecular complexity index is 1190. The van der Waals surface area contributed by atoms with Gasteiger partial charge in [-0.1, -0.05) is 30.3 Å². The molecule has 2 N–H and O–H groups in total. The smallest absolute Gasteiger partial charge is 0.315 e. The maximum absolute atomic E-state index is 13.1. The highest BCUT2D eigenvalue weighted by Crippen LogP contribution is 2.21. The fourth-order valence-electron chi connectivity index (χ4n) is 3.01. The zero-order valence-corrected chi connectivity index (χ0v) is 20.6. The summed E-state index contributed by atoms with van der Waals surface area (Å²) >= 11 is 1.34. The molecular formula is C27H27N3O4S. The van der Waals surface area contributed by atoms with Gasteiger partial charge in [-0.2, -0.15) is 0 Å². The predicted octanol–water partition coefficient (Wildman–Crippen LogP) is 4.43. The number of hydrogen-bond acceptors (Lipinski definition) is 6. The van der Waals surface area contributed by atoms with Crippen LogP contribution in [0.4, 0.5) is 11.4 Å². The van der Waals surface area contributed by atoms with Gasteiger partial charge < -0.3 is 20.3 Å². The van der Waals surface area contributed by atoms with Gasteiger partial charge in [0.2, 0.25) is 0 Å². The van der Waals surface area contributed by atoms with Gasteiger partial charge in [-0.05, 0) is 60.2 Å². The van der Waals surface area contributed by atoms with E-state index in [9.17, 15) is 14.4 Å². The van der Waals surface area contributed by atoms with Gasteiger partial charge in [0.05, 0.1) is 12.9 Å². The van der Waals surface area contributed by atoms with Gasteiger partial charge >= 0.3 is 5.97 Å². The molecule has 3 aromatic carbocycles. The number of carbonyl (C=O) groups excluding carboxylic acids is 3. The first-order valence-electron chi connectivity index (χ1n) is 10.8. The fourth-order valence-corrected chi connectivity index (χ4v) is 3.74. The lowest BCUT2D eigenvalue weighted by Crippen LogP contribution is -2.30. The van der Waals surface area contributed by atoms with Crippen molar-refractivity contribution in [2.75, 3.05) is 37.2 Å². The molecule has 0 radical (unpaired) electrons. The SMILES string of the molecule is COC(=O)CSc1ccc(NC(=O)/C(=C/c2ccc(N(C)C)cc2)NC(=O)c2ccccc2)cc1. The molecule has 3 rings (SSSR count). The normalized spacial score (nSPS) is 10.9. The standard InChI is InChI=1S/C27H27N3O4S/c1-30(2)22-13-9-19(10-14-22)17-24(29-26(32)20-7-5-4-6-8-20)27(33)28-21-11-15-23(16-12-21)35-18-25(31)34-3/h4-17H,18H2,1-3H3,(H,28,33)(H,29,32)/b24-17-. The van der Waals surface area contributed by atoms with E-state index in [-0.39, 0.29) is 23.3 Å². The Hall–Kier alpha value is -4.04. The first kappa shape index (κ1) is 25.6. The van der Waals surface area contributed by atoms with Crippen molar-refractivity contribution in [3.8, 4) is 0 Å². The molecule has 0 fully saturated rings. The number of amides is 2. The van der Waals surface area contributed by atoms with Gasteiger partial charge in [0, 0.05) is 35.9 Å². The quantitative estimate of drug-likeness (QED) is 0.263. The number of rotatable bonds is 9. The number of ether oxygens (including phenoxy) is 1. The molecule has 0 aliphatic carbocycles. The lowest BCUT2D eigenvalue weighted by atomic mass is 10.1. The zero-order chi connectivity index (χ0) is 25.2. The molecule has 0 spiro atoms. The molecule has 0 aliphatic rings. The first-order valence-corrected chi connectivity index (χ1v) is 11.8. The van der Waals surface area contributed by atoms with Crippen LogP contribution in [0.1, 0.15) is 15.9 Å². The van der Waals surface area contributed by atoms with E-state index in [0.29, 0.717) is 11.3 Å². The highest BCUT2D eigenvalue weighted by atomic mass is 32.2. The minimum absolute atomic E-state index is 0.112. The Morgan fingerprint density at radius 2 is 1.57 bits per heavy atom. The van der Waals surface area contributed by atoms with Crippen LogP contribution in [0, 0.1) is 0 Å². The van der Waals surface area contributed by atoms with Crippen LogP contribution >= 0.6 is 11.8 Å². The first-order chi connectivity index (χ1) is 16.9. The third kappa shape index (κ3) is 7.75. The Labute approximate surface area is 209 Å². The Morgan fingerprint density at radius 3 is 2.17 bits per heavy atom. The number of thioether (sulfide) groups is 1. The largest absolute Gasteiger partial charge is 0.468 e. The third-order valence-corrected chi connectivity index (χ3v) is 5.93. The fraction of sp³-hybridized carbons (Fsp3) is 0.148. The minimum Gasteiger partial charge on any atom is -0.468 e. The van der Waals surface area contributed by atoms with Crippen molar-refractivity contribution in [3.05, 3.63) is 95.7 Å². The van der Waals surface area contributed by atoms with Crippen LogP contribution in [-0.4, -0.2) is 44.7 Å². The van der Waals surface area contributed by atoms with E-state index in [0.717, 1.165) is 16.1 Å². The molecule has 8 heteroatoms. The van der Waals surface area contributed by atoms with Gasteiger partial charge in [0.1, 0.15) is 5.70 Å². The van der Waals surface area contributed by atoms with Gasteiger partial charge in [-0.15, -0.1) is 11.8 Å². The molecule has 0 atom stereocenters. The lowest BCUT2D eigenvalue weighted by molar-refractivity contribution is -0.137. The number of hydrogen-bond donors (Lipinski definition) is 2. The van der Waals surface area contributed by atoms with Crippen molar-refractivity contribution in [3.63, 3.8) is 0 Å². The number of benzene rings is 3. The summed E-state index contributed by atoms with van der Waals surface area (Å²) in [5.41, 5.74) is 2.90. The maximum Gasteiger partial charge on any atom is 0.315 e. The number of carbonyl (C=O) groups is 3. The second-order valence-corrected chi connectivity index (χ2v) is 8.76. The van der Waals surface area contributed by atoms with Crippen molar-refractivity contribution in [1.82, 2.24) is 5.32 Å². The van der Waals surface area contributed by atoms with E-state index < -0.39 is 5.91 Å². The van der Waals surface area contributed by atoms with E-state index >= 15 is 0 Å². The average Bonchev–Trinajstić information content (AvgIpc) is 2.88. The van der Waals surface area contributed by atoms with Crippen LogP contribution in [0.15, 0.2) is 89.5 Å². The molecular weight excluding hydrogens is 462 g/mol. The summed E-state index contributed by atoms with van der Waals surface area (Å²) in [7, 11) is 5.24. The number of nitrogens with one attached hydrogen (secondary N) is 2. The topological polar surface area (TPSA) is 87.7 Å². The minimum atomic E-state index is -0.457. The van der Waals surface area contributed by atoms with Crippen molar-refractivity contribution in [1.29, 1.82) is 0 Å². The number of methoxy groups -OCH3 is 1. The molecule has 0 aromatic heterocycles. The van der Waals surface area contributed by atoms with E-state index in [2.05, 4.69) is 15.4 Å².